The van der Waals surface area contributed by atoms with Gasteiger partial charge in [0, 0.05) is 13.6 Å². The molecule has 3 N–H and O–H groups in total. The maximum absolute atomic E-state index is 13.2. The zero-order valence-corrected chi connectivity index (χ0v) is 19.5. The summed E-state index contributed by atoms with van der Waals surface area (Å²) in [5.74, 6) is 0.933. The third-order valence-corrected chi connectivity index (χ3v) is 6.94. The Morgan fingerprint density at radius 2 is 1.71 bits per heavy atom. The van der Waals surface area contributed by atoms with Crippen molar-refractivity contribution in [3.05, 3.63) is 82.3 Å². The molecule has 10 nitrogen and oxygen atoms in total. The summed E-state index contributed by atoms with van der Waals surface area (Å²) >= 11 is 0. The zero-order chi connectivity index (χ0) is 24.6. The Balaban J connectivity index is 1.37. The van der Waals surface area contributed by atoms with Crippen LogP contribution in [0.15, 0.2) is 70.4 Å². The van der Waals surface area contributed by atoms with E-state index < -0.39 is 15.7 Å². The van der Waals surface area contributed by atoms with E-state index in [0.717, 1.165) is 5.56 Å². The van der Waals surface area contributed by atoms with Gasteiger partial charge in [-0.1, -0.05) is 18.2 Å². The number of benzene rings is 3. The molecule has 1 aromatic heterocycles. The Hall–Kier alpha value is -4.25. The number of imidazole rings is 1. The number of rotatable bonds is 6. The summed E-state index contributed by atoms with van der Waals surface area (Å²) in [7, 11) is -2.39. The Morgan fingerprint density at radius 1 is 0.971 bits per heavy atom. The minimum atomic E-state index is -4.03. The van der Waals surface area contributed by atoms with E-state index in [-0.39, 0.29) is 28.6 Å². The number of H-pyrrole nitrogens is 2. The first-order valence-corrected chi connectivity index (χ1v) is 12.3. The monoisotopic (exact) mass is 494 g/mol. The van der Waals surface area contributed by atoms with Crippen molar-refractivity contribution in [1.82, 2.24) is 14.9 Å². The molecule has 1 aliphatic rings. The lowest BCUT2D eigenvalue weighted by Gasteiger charge is -2.22. The number of sulfonamides is 1. The first-order valence-electron chi connectivity index (χ1n) is 10.8. The number of hydrogen-bond acceptors (Lipinski definition) is 6. The Bertz CT molecular complexity index is 1590. The van der Waals surface area contributed by atoms with Gasteiger partial charge in [-0.2, -0.15) is 0 Å². The second kappa shape index (κ2) is 8.84. The van der Waals surface area contributed by atoms with E-state index in [4.69, 9.17) is 9.47 Å². The van der Waals surface area contributed by atoms with Gasteiger partial charge in [-0.25, -0.2) is 13.2 Å². The van der Waals surface area contributed by atoms with Gasteiger partial charge in [0.2, 0.25) is 0 Å². The molecular formula is C24H22N4O6S. The van der Waals surface area contributed by atoms with Crippen molar-refractivity contribution in [1.29, 1.82) is 0 Å². The molecule has 0 fully saturated rings. The molecule has 11 heteroatoms. The van der Waals surface area contributed by atoms with Gasteiger partial charge in [0.25, 0.3) is 15.9 Å². The van der Waals surface area contributed by atoms with Crippen LogP contribution in [0.5, 0.6) is 11.5 Å². The predicted molar refractivity (Wildman–Crippen MR) is 129 cm³/mol. The number of nitrogens with zero attached hydrogens (tertiary/aromatic N) is 1. The smallest absolute Gasteiger partial charge is 0.323 e. The highest BCUT2D eigenvalue weighted by molar-refractivity contribution is 7.92. The van der Waals surface area contributed by atoms with Crippen LogP contribution in [-0.4, -0.2) is 49.5 Å². The fourth-order valence-corrected chi connectivity index (χ4v) is 4.98. The highest BCUT2D eigenvalue weighted by Gasteiger charge is 2.22. The molecule has 0 bridgehead atoms. The third-order valence-electron chi connectivity index (χ3n) is 5.57. The number of aromatic nitrogens is 2. The third kappa shape index (κ3) is 4.58. The van der Waals surface area contributed by atoms with Crippen LogP contribution < -0.4 is 19.9 Å². The number of hydrogen-bond donors (Lipinski definition) is 3. The van der Waals surface area contributed by atoms with Crippen molar-refractivity contribution in [3.8, 4) is 11.5 Å². The lowest BCUT2D eigenvalue weighted by atomic mass is 10.1. The van der Waals surface area contributed by atoms with Crippen LogP contribution in [0.1, 0.15) is 15.9 Å². The van der Waals surface area contributed by atoms with Crippen molar-refractivity contribution in [3.63, 3.8) is 0 Å². The van der Waals surface area contributed by atoms with Crippen molar-refractivity contribution in [2.45, 2.75) is 11.4 Å². The number of ether oxygens (including phenoxy) is 2. The van der Waals surface area contributed by atoms with Crippen LogP contribution in [-0.2, 0) is 16.6 Å². The van der Waals surface area contributed by atoms with E-state index in [2.05, 4.69) is 14.7 Å². The molecule has 180 valence electrons. The van der Waals surface area contributed by atoms with Crippen molar-refractivity contribution in [2.75, 3.05) is 25.0 Å². The quantitative estimate of drug-likeness (QED) is 0.377. The van der Waals surface area contributed by atoms with E-state index in [9.17, 15) is 18.0 Å². The summed E-state index contributed by atoms with van der Waals surface area (Å²) in [4.78, 5) is 31.3. The highest BCUT2D eigenvalue weighted by atomic mass is 32.2. The molecule has 2 heterocycles. The molecule has 0 unspecified atom stereocenters. The number of amides is 1. The molecule has 5 rings (SSSR count). The van der Waals surface area contributed by atoms with Crippen LogP contribution in [0.4, 0.5) is 5.69 Å². The van der Waals surface area contributed by atoms with Crippen LogP contribution in [0, 0.1) is 0 Å². The summed E-state index contributed by atoms with van der Waals surface area (Å²) in [6.07, 6.45) is 0. The molecule has 1 amide bonds. The minimum Gasteiger partial charge on any atom is -0.486 e. The molecule has 35 heavy (non-hydrogen) atoms. The summed E-state index contributed by atoms with van der Waals surface area (Å²) in [5.41, 5.74) is 1.62. The van der Waals surface area contributed by atoms with Crippen LogP contribution in [0.2, 0.25) is 0 Å². The lowest BCUT2D eigenvalue weighted by Crippen LogP contribution is -2.27. The Morgan fingerprint density at radius 3 is 2.54 bits per heavy atom. The highest BCUT2D eigenvalue weighted by Crippen LogP contribution is 2.31. The van der Waals surface area contributed by atoms with Crippen molar-refractivity contribution < 1.29 is 22.7 Å². The average molecular weight is 495 g/mol. The lowest BCUT2D eigenvalue weighted by molar-refractivity contribution is 0.0786. The van der Waals surface area contributed by atoms with Gasteiger partial charge >= 0.3 is 5.69 Å². The van der Waals surface area contributed by atoms with E-state index in [1.807, 2.05) is 12.1 Å². The molecule has 4 aromatic rings. The summed E-state index contributed by atoms with van der Waals surface area (Å²) in [6.45, 7) is 1.24. The zero-order valence-electron chi connectivity index (χ0n) is 18.7. The number of carbonyl (C=O) groups excluding carboxylic acids is 1. The fourth-order valence-electron chi connectivity index (χ4n) is 3.88. The van der Waals surface area contributed by atoms with Gasteiger partial charge in [-0.15, -0.1) is 0 Å². The molecule has 3 aromatic carbocycles. The molecule has 0 spiro atoms. The van der Waals surface area contributed by atoms with Crippen molar-refractivity contribution in [2.24, 2.45) is 0 Å². The number of para-hydroxylation sites is 1. The second-order valence-electron chi connectivity index (χ2n) is 8.08. The molecule has 1 aliphatic heterocycles. The van der Waals surface area contributed by atoms with E-state index in [1.54, 1.807) is 31.3 Å². The minimum absolute atomic E-state index is 0.0489. The van der Waals surface area contributed by atoms with E-state index in [0.29, 0.717) is 35.7 Å². The standard InChI is InChI=1S/C24H22N4O6S/c1-28(14-15-6-9-21-22(12-15)34-11-10-33-21)23(29)17-4-2-3-5-18(17)27-35(31,32)16-7-8-19-20(13-16)26-24(30)25-19/h2-9,12-13,27H,10-11,14H2,1H3,(H2,25,26,30). The van der Waals surface area contributed by atoms with Gasteiger partial charge in [-0.05, 0) is 48.0 Å². The number of anilines is 1. The largest absolute Gasteiger partial charge is 0.486 e. The molecule has 0 saturated carbocycles. The number of nitrogens with one attached hydrogen (secondary N) is 3. The Labute approximate surface area is 200 Å². The number of fused-ring (bicyclic) bond motifs is 2. The van der Waals surface area contributed by atoms with Gasteiger partial charge < -0.3 is 24.3 Å². The first kappa shape index (κ1) is 22.5. The molecule has 0 atom stereocenters. The number of aromatic amines is 2. The van der Waals surface area contributed by atoms with Gasteiger partial charge in [-0.3, -0.25) is 9.52 Å². The van der Waals surface area contributed by atoms with E-state index >= 15 is 0 Å². The topological polar surface area (TPSA) is 134 Å². The van der Waals surface area contributed by atoms with Crippen LogP contribution >= 0.6 is 0 Å². The SMILES string of the molecule is CN(Cc1ccc2c(c1)OCCO2)C(=O)c1ccccc1NS(=O)(=O)c1ccc2[nH]c(=O)[nH]c2c1. The molecule has 0 aliphatic carbocycles. The van der Waals surface area contributed by atoms with Gasteiger partial charge in [0.1, 0.15) is 13.2 Å². The second-order valence-corrected chi connectivity index (χ2v) is 9.76. The van der Waals surface area contributed by atoms with Crippen molar-refractivity contribution >= 4 is 32.7 Å². The summed E-state index contributed by atoms with van der Waals surface area (Å²) in [5, 5.41) is 0. The maximum Gasteiger partial charge on any atom is 0.323 e. The average Bonchev–Trinajstić information content (AvgIpc) is 3.23. The fraction of sp³-hybridized carbons (Fsp3) is 0.167. The van der Waals surface area contributed by atoms with Gasteiger partial charge in [0.15, 0.2) is 11.5 Å². The maximum atomic E-state index is 13.2. The Kier molecular flexibility index (Phi) is 5.69. The molecule has 0 radical (unpaired) electrons. The van der Waals surface area contributed by atoms with E-state index in [1.165, 1.54) is 29.2 Å². The first-order chi connectivity index (χ1) is 16.8. The summed E-state index contributed by atoms with van der Waals surface area (Å²) in [6, 6.07) is 16.1. The summed E-state index contributed by atoms with van der Waals surface area (Å²) < 4.78 is 39.8. The normalized spacial score (nSPS) is 12.9. The molecular weight excluding hydrogens is 472 g/mol. The van der Waals surface area contributed by atoms with Crippen LogP contribution in [0.3, 0.4) is 0 Å². The van der Waals surface area contributed by atoms with Gasteiger partial charge in [0.05, 0.1) is 27.2 Å². The number of carbonyl (C=O) groups is 1. The predicted octanol–water partition coefficient (Wildman–Crippen LogP) is 2.70. The molecule has 0 saturated heterocycles. The van der Waals surface area contributed by atoms with Crippen LogP contribution in [0.25, 0.3) is 11.0 Å².